The van der Waals surface area contributed by atoms with Crippen molar-refractivity contribution in [3.63, 3.8) is 0 Å². The van der Waals surface area contributed by atoms with E-state index in [1.54, 1.807) is 43.5 Å². The van der Waals surface area contributed by atoms with Gasteiger partial charge in [0.15, 0.2) is 9.84 Å². The summed E-state index contributed by atoms with van der Waals surface area (Å²) in [5.41, 5.74) is 2.83. The van der Waals surface area contributed by atoms with Gasteiger partial charge in [-0.05, 0) is 60.7 Å². The highest BCUT2D eigenvalue weighted by atomic mass is 32.2. The lowest BCUT2D eigenvalue weighted by atomic mass is 9.99. The lowest BCUT2D eigenvalue weighted by Gasteiger charge is -2.34. The molecule has 2 amide bonds. The van der Waals surface area contributed by atoms with Crippen molar-refractivity contribution in [3.8, 4) is 22.6 Å². The molecule has 3 aliphatic heterocycles. The highest BCUT2D eigenvalue weighted by Gasteiger charge is 2.39. The molecule has 0 aliphatic carbocycles. The molecule has 0 radical (unpaired) electrons. The van der Waals surface area contributed by atoms with Gasteiger partial charge in [-0.25, -0.2) is 8.42 Å². The first kappa shape index (κ1) is 33.0. The van der Waals surface area contributed by atoms with Gasteiger partial charge >= 0.3 is 0 Å². The van der Waals surface area contributed by atoms with Crippen LogP contribution in [0.25, 0.3) is 11.1 Å². The molecular formula is C35H41N3O8S. The summed E-state index contributed by atoms with van der Waals surface area (Å²) < 4.78 is 42.0. The molecule has 0 spiro atoms. The SMILES string of the molecule is COc1ccccc1CN1C[C@@H]2C[C@H]1C(=O)NC[C@H]1O[C@H](CCOc3cc(-c4ccc(S(C)(=O)=O)cc4)ccc3C(=O)N2)CC[C@@H]1O. The third kappa shape index (κ3) is 7.62. The molecule has 3 aliphatic rings. The van der Waals surface area contributed by atoms with E-state index in [9.17, 15) is 23.1 Å². The predicted octanol–water partition coefficient (Wildman–Crippen LogP) is 2.95. The van der Waals surface area contributed by atoms with Crippen molar-refractivity contribution < 1.29 is 37.3 Å². The summed E-state index contributed by atoms with van der Waals surface area (Å²) >= 11 is 0. The molecular weight excluding hydrogens is 622 g/mol. The van der Waals surface area contributed by atoms with E-state index in [1.165, 1.54) is 6.26 Å². The molecule has 3 aromatic rings. The number of nitrogens with one attached hydrogen (secondary N) is 2. The number of para-hydroxylation sites is 1. The van der Waals surface area contributed by atoms with E-state index in [2.05, 4.69) is 10.6 Å². The first-order chi connectivity index (χ1) is 22.6. The fourth-order valence-corrected chi connectivity index (χ4v) is 7.27. The van der Waals surface area contributed by atoms with Crippen LogP contribution in [-0.4, -0.2) is 93.7 Å². The number of ether oxygens (including phenoxy) is 3. The molecule has 4 bridgehead atoms. The van der Waals surface area contributed by atoms with E-state index < -0.39 is 28.1 Å². The van der Waals surface area contributed by atoms with E-state index in [1.807, 2.05) is 35.2 Å². The number of amides is 2. The number of likely N-dealkylation sites (tertiary alicyclic amines) is 1. The minimum absolute atomic E-state index is 0.178. The fraction of sp³-hybridized carbons (Fsp3) is 0.429. The zero-order valence-corrected chi connectivity index (χ0v) is 27.4. The molecule has 0 unspecified atom stereocenters. The number of methoxy groups -OCH3 is 1. The zero-order chi connectivity index (χ0) is 33.1. The summed E-state index contributed by atoms with van der Waals surface area (Å²) in [6.45, 7) is 1.33. The summed E-state index contributed by atoms with van der Waals surface area (Å²) in [4.78, 5) is 29.7. The van der Waals surface area contributed by atoms with Gasteiger partial charge in [0.1, 0.15) is 17.6 Å². The van der Waals surface area contributed by atoms with Gasteiger partial charge in [0.2, 0.25) is 5.91 Å². The Morgan fingerprint density at radius 2 is 1.77 bits per heavy atom. The van der Waals surface area contributed by atoms with Gasteiger partial charge in [-0.1, -0.05) is 36.4 Å². The number of aliphatic hydroxyl groups excluding tert-OH is 1. The maximum absolute atomic E-state index is 13.8. The van der Waals surface area contributed by atoms with Crippen molar-refractivity contribution in [2.45, 2.75) is 67.5 Å². The van der Waals surface area contributed by atoms with Crippen molar-refractivity contribution in [2.24, 2.45) is 0 Å². The van der Waals surface area contributed by atoms with Crippen molar-refractivity contribution in [2.75, 3.05) is 33.1 Å². The molecule has 3 heterocycles. The lowest BCUT2D eigenvalue weighted by molar-refractivity contribution is -0.133. The normalized spacial score (nSPS) is 25.6. The number of hydrogen-bond acceptors (Lipinski definition) is 9. The van der Waals surface area contributed by atoms with Gasteiger partial charge in [-0.15, -0.1) is 0 Å². The van der Waals surface area contributed by atoms with Crippen LogP contribution in [0.3, 0.4) is 0 Å². The second-order valence-corrected chi connectivity index (χ2v) is 14.5. The quantitative estimate of drug-likeness (QED) is 0.376. The second kappa shape index (κ2) is 14.0. The Kier molecular flexibility index (Phi) is 9.83. The van der Waals surface area contributed by atoms with Crippen LogP contribution < -0.4 is 20.1 Å². The van der Waals surface area contributed by atoms with Crippen LogP contribution >= 0.6 is 0 Å². The summed E-state index contributed by atoms with van der Waals surface area (Å²) in [7, 11) is -1.73. The van der Waals surface area contributed by atoms with E-state index in [-0.39, 0.29) is 42.0 Å². The molecule has 12 heteroatoms. The average Bonchev–Trinajstić information content (AvgIpc) is 3.46. The monoisotopic (exact) mass is 663 g/mol. The standard InChI is InChI=1S/C35H41N3O8S/c1-44-31-6-4-3-5-24(31)20-38-21-25-18-29(38)35(41)36-19-33-30(39)14-10-26(46-33)15-16-45-32-17-23(9-13-28(32)34(40)37-25)22-7-11-27(12-8-22)47(2,42)43/h3-9,11-13,17,25-26,29-30,33,39H,10,14-16,18-21H2,1-2H3,(H,36,41)(H,37,40)/t25-,26-,29-,30-,33+/m0/s1. The first-order valence-electron chi connectivity index (χ1n) is 15.9. The minimum atomic E-state index is -3.34. The van der Waals surface area contributed by atoms with Gasteiger partial charge in [0.05, 0.1) is 42.4 Å². The minimum Gasteiger partial charge on any atom is -0.496 e. The van der Waals surface area contributed by atoms with Crippen molar-refractivity contribution in [1.29, 1.82) is 0 Å². The van der Waals surface area contributed by atoms with Gasteiger partial charge in [0, 0.05) is 43.9 Å². The number of fused-ring (bicyclic) bond motifs is 5. The number of rotatable bonds is 5. The molecule has 3 aromatic carbocycles. The number of benzene rings is 3. The Morgan fingerprint density at radius 3 is 2.53 bits per heavy atom. The third-order valence-corrected chi connectivity index (χ3v) is 10.3. The van der Waals surface area contributed by atoms with Gasteiger partial charge < -0.3 is 30.0 Å². The number of hydrogen-bond donors (Lipinski definition) is 3. The molecule has 0 saturated carbocycles. The molecule has 5 atom stereocenters. The lowest BCUT2D eigenvalue weighted by Crippen LogP contribution is -2.50. The molecule has 2 saturated heterocycles. The maximum Gasteiger partial charge on any atom is 0.255 e. The number of aliphatic hydroxyl groups is 1. The van der Waals surface area contributed by atoms with Gasteiger partial charge in [0.25, 0.3) is 5.91 Å². The van der Waals surface area contributed by atoms with Gasteiger partial charge in [-0.3, -0.25) is 14.5 Å². The smallest absolute Gasteiger partial charge is 0.255 e. The first-order valence-corrected chi connectivity index (χ1v) is 17.8. The van der Waals surface area contributed by atoms with Crippen molar-refractivity contribution in [3.05, 3.63) is 77.9 Å². The zero-order valence-electron chi connectivity index (χ0n) is 26.6. The molecule has 11 nitrogen and oxygen atoms in total. The molecule has 0 aromatic heterocycles. The Bertz CT molecular complexity index is 1710. The molecule has 250 valence electrons. The average molecular weight is 664 g/mol. The Labute approximate surface area is 275 Å². The Morgan fingerprint density at radius 1 is 1.00 bits per heavy atom. The van der Waals surface area contributed by atoms with Crippen LogP contribution in [0.15, 0.2) is 71.6 Å². The van der Waals surface area contributed by atoms with E-state index in [0.717, 1.165) is 22.4 Å². The Balaban J connectivity index is 1.30. The summed E-state index contributed by atoms with van der Waals surface area (Å²) in [6, 6.07) is 18.7. The third-order valence-electron chi connectivity index (χ3n) is 9.20. The molecule has 3 N–H and O–H groups in total. The van der Waals surface area contributed by atoms with Crippen LogP contribution in [0, 0.1) is 0 Å². The highest BCUT2D eigenvalue weighted by Crippen LogP contribution is 2.31. The fourth-order valence-electron chi connectivity index (χ4n) is 6.64. The highest BCUT2D eigenvalue weighted by molar-refractivity contribution is 7.90. The van der Waals surface area contributed by atoms with Crippen LogP contribution in [0.4, 0.5) is 0 Å². The number of carbonyl (C=O) groups is 2. The van der Waals surface area contributed by atoms with E-state index in [0.29, 0.717) is 50.1 Å². The van der Waals surface area contributed by atoms with Crippen LogP contribution in [0.1, 0.15) is 41.6 Å². The van der Waals surface area contributed by atoms with Crippen molar-refractivity contribution in [1.82, 2.24) is 15.5 Å². The number of sulfone groups is 1. The number of nitrogens with zero attached hydrogens (tertiary/aromatic N) is 1. The van der Waals surface area contributed by atoms with E-state index >= 15 is 0 Å². The summed E-state index contributed by atoms with van der Waals surface area (Å²) in [5, 5.41) is 16.8. The molecule has 6 rings (SSSR count). The summed E-state index contributed by atoms with van der Waals surface area (Å²) in [6.07, 6.45) is 1.86. The van der Waals surface area contributed by atoms with Crippen LogP contribution in [0.5, 0.6) is 11.5 Å². The second-order valence-electron chi connectivity index (χ2n) is 12.5. The van der Waals surface area contributed by atoms with Gasteiger partial charge in [-0.2, -0.15) is 0 Å². The predicted molar refractivity (Wildman–Crippen MR) is 175 cm³/mol. The van der Waals surface area contributed by atoms with Crippen LogP contribution in [-0.2, 0) is 25.9 Å². The summed E-state index contributed by atoms with van der Waals surface area (Å²) in [5.74, 6) is 0.614. The molecule has 47 heavy (non-hydrogen) atoms. The Hall–Kier alpha value is -3.97. The maximum atomic E-state index is 13.8. The largest absolute Gasteiger partial charge is 0.496 e. The molecule has 2 fully saturated rings. The number of carbonyl (C=O) groups excluding carboxylic acids is 2. The topological polar surface area (TPSA) is 143 Å². The van der Waals surface area contributed by atoms with E-state index in [4.69, 9.17) is 14.2 Å². The van der Waals surface area contributed by atoms with Crippen molar-refractivity contribution >= 4 is 21.7 Å². The van der Waals surface area contributed by atoms with Crippen LogP contribution in [0.2, 0.25) is 0 Å².